The van der Waals surface area contributed by atoms with Gasteiger partial charge in [0.05, 0.1) is 17.6 Å². The molecule has 2 heterocycles. The number of carbonyl (C=O) groups excluding carboxylic acids is 2. The summed E-state index contributed by atoms with van der Waals surface area (Å²) in [7, 11) is 1.66. The van der Waals surface area contributed by atoms with Crippen molar-refractivity contribution >= 4 is 39.8 Å². The van der Waals surface area contributed by atoms with Gasteiger partial charge < -0.3 is 40.2 Å². The minimum atomic E-state index is -5.19. The third-order valence-corrected chi connectivity index (χ3v) is 4.53. The van der Waals surface area contributed by atoms with Crippen molar-refractivity contribution in [2.24, 2.45) is 0 Å². The number of hydrogen-bond acceptors (Lipinski definition) is 8. The number of hydrogen-bond donors (Lipinski definition) is 2. The van der Waals surface area contributed by atoms with E-state index in [-0.39, 0.29) is 0 Å². The Morgan fingerprint density at radius 2 is 1.85 bits per heavy atom. The zero-order valence-corrected chi connectivity index (χ0v) is 17.6. The number of rotatable bonds is 8. The average Bonchev–Trinajstić information content (AvgIpc) is 3.11. The average molecular weight is 469 g/mol. The van der Waals surface area contributed by atoms with Gasteiger partial charge in [-0.05, 0) is 18.9 Å². The third kappa shape index (κ3) is 6.94. The maximum absolute atomic E-state index is 10.5. The summed E-state index contributed by atoms with van der Waals surface area (Å²) in [5.74, 6) is -1.71. The highest BCUT2D eigenvalue weighted by Crippen LogP contribution is 2.29. The molecule has 10 nitrogen and oxygen atoms in total. The van der Waals surface area contributed by atoms with Crippen LogP contribution in [0.25, 0.3) is 21.9 Å². The first-order chi connectivity index (χ1) is 15.6. The number of methoxy groups -OCH3 is 1. The number of anilines is 1. The van der Waals surface area contributed by atoms with Crippen LogP contribution >= 0.6 is 0 Å². The fourth-order valence-corrected chi connectivity index (χ4v) is 3.12. The van der Waals surface area contributed by atoms with Crippen molar-refractivity contribution in [2.45, 2.75) is 32.0 Å². The van der Waals surface area contributed by atoms with E-state index in [9.17, 15) is 23.1 Å². The van der Waals surface area contributed by atoms with Crippen LogP contribution in [0.4, 0.5) is 23.8 Å². The summed E-state index contributed by atoms with van der Waals surface area (Å²) >= 11 is 0. The Morgan fingerprint density at radius 1 is 1.18 bits per heavy atom. The van der Waals surface area contributed by atoms with E-state index in [4.69, 9.17) is 25.4 Å². The van der Waals surface area contributed by atoms with Crippen molar-refractivity contribution < 1.29 is 37.7 Å². The molecule has 0 unspecified atom stereocenters. The van der Waals surface area contributed by atoms with Crippen molar-refractivity contribution in [1.82, 2.24) is 19.9 Å². The molecular formula is C20H22F3N5O5-2. The molecule has 0 spiro atoms. The second-order valence-electron chi connectivity index (χ2n) is 6.84. The smallest absolute Gasteiger partial charge is 0.430 e. The Bertz CT molecular complexity index is 1120. The first kappa shape index (κ1) is 25.6. The number of imidazole rings is 1. The molecule has 180 valence electrons. The highest BCUT2D eigenvalue weighted by molar-refractivity contribution is 6.06. The summed E-state index contributed by atoms with van der Waals surface area (Å²) in [5.41, 5.74) is 8.63. The monoisotopic (exact) mass is 469 g/mol. The van der Waals surface area contributed by atoms with Crippen LogP contribution < -0.4 is 21.3 Å². The molecule has 0 bridgehead atoms. The zero-order valence-electron chi connectivity index (χ0n) is 17.6. The van der Waals surface area contributed by atoms with E-state index in [0.29, 0.717) is 43.9 Å². The summed E-state index contributed by atoms with van der Waals surface area (Å²) < 4.78 is 38.9. The summed E-state index contributed by atoms with van der Waals surface area (Å²) in [6.45, 7) is 1.63. The maximum Gasteiger partial charge on any atom is 0.430 e. The summed E-state index contributed by atoms with van der Waals surface area (Å²) in [6, 6.07) is 7.84. The van der Waals surface area contributed by atoms with E-state index in [1.54, 1.807) is 7.11 Å². The fourth-order valence-electron chi connectivity index (χ4n) is 3.12. The van der Waals surface area contributed by atoms with Gasteiger partial charge >= 0.3 is 6.18 Å². The number of pyridine rings is 1. The molecule has 0 atom stereocenters. The number of amides is 1. The van der Waals surface area contributed by atoms with E-state index in [0.717, 1.165) is 28.7 Å². The Hall–Kier alpha value is -3.61. The van der Waals surface area contributed by atoms with Gasteiger partial charge in [-0.1, -0.05) is 18.2 Å². The van der Waals surface area contributed by atoms with E-state index in [1.807, 2.05) is 24.3 Å². The van der Waals surface area contributed by atoms with E-state index in [2.05, 4.69) is 14.9 Å². The molecule has 3 N–H and O–H groups in total. The van der Waals surface area contributed by atoms with Crippen molar-refractivity contribution in [3.8, 4) is 0 Å². The van der Waals surface area contributed by atoms with Gasteiger partial charge in [-0.2, -0.15) is 13.2 Å². The lowest BCUT2D eigenvalue weighted by Gasteiger charge is -2.11. The molecule has 1 amide bonds. The van der Waals surface area contributed by atoms with Crippen molar-refractivity contribution in [3.05, 3.63) is 30.1 Å². The summed E-state index contributed by atoms with van der Waals surface area (Å²) in [5, 5.41) is 22.5. The molecule has 0 saturated heterocycles. The minimum absolute atomic E-state index is 0.368. The van der Waals surface area contributed by atoms with Crippen LogP contribution in [0.2, 0.25) is 0 Å². The van der Waals surface area contributed by atoms with Crippen LogP contribution in [0.3, 0.4) is 0 Å². The van der Waals surface area contributed by atoms with Gasteiger partial charge in [-0.15, -0.1) is 0 Å². The van der Waals surface area contributed by atoms with Crippen molar-refractivity contribution in [3.63, 3.8) is 0 Å². The number of ether oxygens (including phenoxy) is 1. The van der Waals surface area contributed by atoms with Gasteiger partial charge in [0.1, 0.15) is 23.4 Å². The normalized spacial score (nSPS) is 11.3. The quantitative estimate of drug-likeness (QED) is 0.448. The van der Waals surface area contributed by atoms with E-state index in [1.165, 1.54) is 0 Å². The SMILES string of the molecule is COCCc1nc2c(N)nc3ccccc3c2n1CCCCNC(=O)[O-].O=C([O-])C(F)(F)F. The van der Waals surface area contributed by atoms with Gasteiger partial charge in [0.25, 0.3) is 0 Å². The molecule has 3 rings (SSSR count). The fraction of sp³-hybridized carbons (Fsp3) is 0.400. The predicted octanol–water partition coefficient (Wildman–Crippen LogP) is 0.367. The Labute approximate surface area is 186 Å². The van der Waals surface area contributed by atoms with Gasteiger partial charge in [0, 0.05) is 32.0 Å². The molecule has 0 aliphatic rings. The molecule has 3 aromatic rings. The number of nitrogens with one attached hydrogen (secondary N) is 1. The molecule has 2 aromatic heterocycles. The van der Waals surface area contributed by atoms with Gasteiger partial charge in [0.15, 0.2) is 5.82 Å². The number of carboxylic acid groups (broad SMARTS) is 2. The number of carbonyl (C=O) groups is 2. The van der Waals surface area contributed by atoms with Gasteiger partial charge in [0.2, 0.25) is 0 Å². The number of benzene rings is 1. The first-order valence-corrected chi connectivity index (χ1v) is 9.81. The number of halogens is 3. The second kappa shape index (κ2) is 11.3. The van der Waals surface area contributed by atoms with Crippen LogP contribution in [0.1, 0.15) is 18.7 Å². The first-order valence-electron chi connectivity index (χ1n) is 9.81. The maximum atomic E-state index is 10.5. The summed E-state index contributed by atoms with van der Waals surface area (Å²) in [6.07, 6.45) is -4.28. The van der Waals surface area contributed by atoms with Crippen LogP contribution in [0, 0.1) is 0 Å². The molecule has 0 aliphatic heterocycles. The summed E-state index contributed by atoms with van der Waals surface area (Å²) in [4.78, 5) is 28.4. The number of fused-ring (bicyclic) bond motifs is 3. The lowest BCUT2D eigenvalue weighted by atomic mass is 10.2. The van der Waals surface area contributed by atoms with Crippen molar-refractivity contribution in [1.29, 1.82) is 0 Å². The topological polar surface area (TPSA) is 158 Å². The van der Waals surface area contributed by atoms with Crippen LogP contribution in [-0.4, -0.2) is 53.0 Å². The molecule has 33 heavy (non-hydrogen) atoms. The number of carboxylic acids is 1. The Morgan fingerprint density at radius 3 is 2.45 bits per heavy atom. The number of alkyl halides is 3. The van der Waals surface area contributed by atoms with Crippen LogP contribution in [0.5, 0.6) is 0 Å². The molecule has 13 heteroatoms. The number of nitrogens with two attached hydrogens (primary N) is 1. The Balaban J connectivity index is 0.000000479. The van der Waals surface area contributed by atoms with Gasteiger partial charge in [-0.3, -0.25) is 0 Å². The van der Waals surface area contributed by atoms with Crippen molar-refractivity contribution in [2.75, 3.05) is 26.0 Å². The molecule has 0 saturated carbocycles. The predicted molar refractivity (Wildman–Crippen MR) is 109 cm³/mol. The molecule has 0 fully saturated rings. The zero-order chi connectivity index (χ0) is 24.6. The lowest BCUT2D eigenvalue weighted by Crippen LogP contribution is -2.37. The van der Waals surface area contributed by atoms with Crippen LogP contribution in [0.15, 0.2) is 24.3 Å². The number of aryl methyl sites for hydroxylation is 1. The van der Waals surface area contributed by atoms with Gasteiger partial charge in [-0.25, -0.2) is 9.97 Å². The standard InChI is InChI=1S/C18H23N5O3.C2HF3O2/c1-26-11-8-14-22-15-16(23(14)10-5-4-9-20-18(24)25)12-6-2-3-7-13(12)21-17(15)19;3-2(4,5)1(6)7/h2-3,6-7,20H,4-5,8-11H2,1H3,(H2,19,21)(H,24,25);(H,6,7)/p-2. The molecule has 0 aliphatic carbocycles. The number of aliphatic carboxylic acids is 1. The number of aromatic nitrogens is 3. The largest absolute Gasteiger partial charge is 0.542 e. The lowest BCUT2D eigenvalue weighted by molar-refractivity contribution is -0.344. The highest BCUT2D eigenvalue weighted by Gasteiger charge is 2.28. The highest BCUT2D eigenvalue weighted by atomic mass is 19.4. The van der Waals surface area contributed by atoms with E-state index >= 15 is 0 Å². The second-order valence-corrected chi connectivity index (χ2v) is 6.84. The van der Waals surface area contributed by atoms with E-state index < -0.39 is 18.2 Å². The molecule has 1 aromatic carbocycles. The number of nitrogen functional groups attached to an aromatic ring is 1. The molecule has 0 radical (unpaired) electrons. The number of para-hydroxylation sites is 1. The number of nitrogens with zero attached hydrogens (tertiary/aromatic N) is 3. The number of unbranched alkanes of at least 4 members (excludes halogenated alkanes) is 1. The van der Waals surface area contributed by atoms with Crippen LogP contribution in [-0.2, 0) is 22.5 Å². The molecular weight excluding hydrogens is 447 g/mol. The third-order valence-electron chi connectivity index (χ3n) is 4.53. The Kier molecular flexibility index (Phi) is 8.79. The minimum Gasteiger partial charge on any atom is -0.542 e.